The number of piperidine rings is 1. The van der Waals surface area contributed by atoms with Crippen LogP contribution in [0.2, 0.25) is 5.02 Å². The number of nitrogens with zero attached hydrogens (tertiary/aromatic N) is 2. The van der Waals surface area contributed by atoms with Gasteiger partial charge in [-0.15, -0.1) is 0 Å². The first-order valence-electron chi connectivity index (χ1n) is 7.10. The molecule has 1 amide bonds. The molecule has 0 bridgehead atoms. The zero-order valence-corrected chi connectivity index (χ0v) is 12.7. The molecule has 5 nitrogen and oxygen atoms in total. The summed E-state index contributed by atoms with van der Waals surface area (Å²) in [6.07, 6.45) is 3.51. The van der Waals surface area contributed by atoms with E-state index in [1.165, 1.54) is 6.20 Å². The van der Waals surface area contributed by atoms with Crippen molar-refractivity contribution in [1.29, 1.82) is 0 Å². The number of hydrogen-bond donors (Lipinski definition) is 1. The number of rotatable bonds is 4. The monoisotopic (exact) mass is 310 g/mol. The zero-order chi connectivity index (χ0) is 15.4. The first-order valence-corrected chi connectivity index (χ1v) is 7.48. The molecule has 1 aliphatic heterocycles. The Kier molecular flexibility index (Phi) is 5.17. The van der Waals surface area contributed by atoms with Crippen LogP contribution in [0.15, 0.2) is 18.3 Å². The molecule has 0 saturated carbocycles. The second-order valence-corrected chi connectivity index (χ2v) is 6.02. The van der Waals surface area contributed by atoms with Crippen molar-refractivity contribution in [3.8, 4) is 0 Å². The van der Waals surface area contributed by atoms with Gasteiger partial charge in [0.2, 0.25) is 0 Å². The highest BCUT2D eigenvalue weighted by atomic mass is 35.5. The van der Waals surface area contributed by atoms with Gasteiger partial charge in [0.1, 0.15) is 5.69 Å². The van der Waals surface area contributed by atoms with Crippen molar-refractivity contribution < 1.29 is 14.7 Å². The van der Waals surface area contributed by atoms with E-state index in [-0.39, 0.29) is 24.2 Å². The molecule has 1 aromatic heterocycles. The Bertz CT molecular complexity index is 535. The summed E-state index contributed by atoms with van der Waals surface area (Å²) in [5.74, 6) is -0.643. The predicted molar refractivity (Wildman–Crippen MR) is 79.3 cm³/mol. The third-order valence-corrected chi connectivity index (χ3v) is 4.22. The van der Waals surface area contributed by atoms with Crippen LogP contribution in [0.3, 0.4) is 0 Å². The van der Waals surface area contributed by atoms with Crippen molar-refractivity contribution in [2.24, 2.45) is 11.8 Å². The quantitative estimate of drug-likeness (QED) is 0.928. The largest absolute Gasteiger partial charge is 0.481 e. The maximum atomic E-state index is 12.4. The van der Waals surface area contributed by atoms with Gasteiger partial charge in [0, 0.05) is 30.7 Å². The molecule has 2 heterocycles. The number of likely N-dealkylation sites (tertiary alicyclic amines) is 1. The lowest BCUT2D eigenvalue weighted by Gasteiger charge is -2.35. The fraction of sp³-hybridized carbons (Fsp3) is 0.533. The Morgan fingerprint density at radius 2 is 2.33 bits per heavy atom. The van der Waals surface area contributed by atoms with E-state index in [2.05, 4.69) is 4.98 Å². The van der Waals surface area contributed by atoms with Crippen molar-refractivity contribution in [2.45, 2.75) is 26.2 Å². The molecule has 1 aromatic rings. The summed E-state index contributed by atoms with van der Waals surface area (Å²) in [5, 5.41) is 9.38. The minimum atomic E-state index is -0.789. The van der Waals surface area contributed by atoms with Crippen LogP contribution in [-0.2, 0) is 4.79 Å². The van der Waals surface area contributed by atoms with Crippen LogP contribution in [0.25, 0.3) is 0 Å². The van der Waals surface area contributed by atoms with E-state index >= 15 is 0 Å². The fourth-order valence-corrected chi connectivity index (χ4v) is 2.94. The van der Waals surface area contributed by atoms with Gasteiger partial charge in [0.25, 0.3) is 5.91 Å². The summed E-state index contributed by atoms with van der Waals surface area (Å²) < 4.78 is 0. The summed E-state index contributed by atoms with van der Waals surface area (Å²) in [6.45, 7) is 3.20. The Hall–Kier alpha value is -1.62. The van der Waals surface area contributed by atoms with Gasteiger partial charge >= 0.3 is 5.97 Å². The molecule has 2 unspecified atom stereocenters. The molecule has 0 spiro atoms. The number of hydrogen-bond acceptors (Lipinski definition) is 3. The summed E-state index contributed by atoms with van der Waals surface area (Å²) >= 11 is 5.89. The van der Waals surface area contributed by atoms with E-state index in [0.29, 0.717) is 23.8 Å². The number of pyridine rings is 1. The SMILES string of the molecule is CC(CC(=O)O)C1CCCN(C(=O)c2cc(Cl)ccn2)C1. The molecular formula is C15H19ClN2O3. The number of carboxylic acid groups (broad SMARTS) is 1. The van der Waals surface area contributed by atoms with Gasteiger partial charge in [0.15, 0.2) is 0 Å². The lowest BCUT2D eigenvalue weighted by molar-refractivity contribution is -0.138. The van der Waals surface area contributed by atoms with Crippen molar-refractivity contribution in [3.05, 3.63) is 29.0 Å². The molecule has 1 saturated heterocycles. The van der Waals surface area contributed by atoms with Gasteiger partial charge in [-0.3, -0.25) is 14.6 Å². The van der Waals surface area contributed by atoms with Crippen LogP contribution < -0.4 is 0 Å². The summed E-state index contributed by atoms with van der Waals surface area (Å²) in [4.78, 5) is 29.1. The summed E-state index contributed by atoms with van der Waals surface area (Å²) in [7, 11) is 0. The van der Waals surface area contributed by atoms with Crippen LogP contribution in [-0.4, -0.2) is 40.0 Å². The molecule has 1 aliphatic rings. The van der Waals surface area contributed by atoms with E-state index in [4.69, 9.17) is 16.7 Å². The van der Waals surface area contributed by atoms with E-state index < -0.39 is 5.97 Å². The van der Waals surface area contributed by atoms with E-state index in [1.807, 2.05) is 6.92 Å². The Labute approximate surface area is 128 Å². The molecule has 1 N–H and O–H groups in total. The number of aliphatic carboxylic acids is 1. The number of carbonyl (C=O) groups excluding carboxylic acids is 1. The second kappa shape index (κ2) is 6.89. The number of halogens is 1. The average Bonchev–Trinajstić information content (AvgIpc) is 2.46. The highest BCUT2D eigenvalue weighted by molar-refractivity contribution is 6.30. The second-order valence-electron chi connectivity index (χ2n) is 5.59. The highest BCUT2D eigenvalue weighted by Crippen LogP contribution is 2.27. The van der Waals surface area contributed by atoms with Crippen LogP contribution in [0.5, 0.6) is 0 Å². The molecule has 0 aromatic carbocycles. The third kappa shape index (κ3) is 4.17. The predicted octanol–water partition coefficient (Wildman–Crippen LogP) is 2.70. The summed E-state index contributed by atoms with van der Waals surface area (Å²) in [6, 6.07) is 3.19. The smallest absolute Gasteiger partial charge is 0.303 e. The van der Waals surface area contributed by atoms with Gasteiger partial charge < -0.3 is 10.0 Å². The third-order valence-electron chi connectivity index (χ3n) is 3.99. The molecule has 21 heavy (non-hydrogen) atoms. The van der Waals surface area contributed by atoms with Crippen molar-refractivity contribution >= 4 is 23.5 Å². The number of aromatic nitrogens is 1. The molecule has 1 fully saturated rings. The molecular weight excluding hydrogens is 292 g/mol. The molecule has 0 aliphatic carbocycles. The van der Waals surface area contributed by atoms with E-state index in [0.717, 1.165) is 12.8 Å². The number of carboxylic acids is 1. The van der Waals surface area contributed by atoms with Crippen LogP contribution >= 0.6 is 11.6 Å². The minimum absolute atomic E-state index is 0.0606. The normalized spacial score (nSPS) is 20.1. The lowest BCUT2D eigenvalue weighted by Crippen LogP contribution is -2.42. The van der Waals surface area contributed by atoms with Gasteiger partial charge in [-0.1, -0.05) is 18.5 Å². The molecule has 0 radical (unpaired) electrons. The van der Waals surface area contributed by atoms with E-state index in [9.17, 15) is 9.59 Å². The highest BCUT2D eigenvalue weighted by Gasteiger charge is 2.29. The van der Waals surface area contributed by atoms with Gasteiger partial charge in [-0.25, -0.2) is 0 Å². The summed E-state index contributed by atoms with van der Waals surface area (Å²) in [5.41, 5.74) is 0.342. The van der Waals surface area contributed by atoms with Gasteiger partial charge in [-0.2, -0.15) is 0 Å². The first-order chi connectivity index (χ1) is 9.97. The Morgan fingerprint density at radius 1 is 1.57 bits per heavy atom. The topological polar surface area (TPSA) is 70.5 Å². The van der Waals surface area contributed by atoms with Crippen molar-refractivity contribution in [2.75, 3.05) is 13.1 Å². The molecule has 114 valence electrons. The van der Waals surface area contributed by atoms with Crippen molar-refractivity contribution in [1.82, 2.24) is 9.88 Å². The molecule has 2 atom stereocenters. The van der Waals surface area contributed by atoms with Crippen LogP contribution in [0.4, 0.5) is 0 Å². The van der Waals surface area contributed by atoms with Crippen molar-refractivity contribution in [3.63, 3.8) is 0 Å². The number of carbonyl (C=O) groups is 2. The molecule has 6 heteroatoms. The first kappa shape index (κ1) is 15.8. The lowest BCUT2D eigenvalue weighted by atomic mass is 9.84. The average molecular weight is 311 g/mol. The standard InChI is InChI=1S/C15H19ClN2O3/c1-10(7-14(19)20)11-3-2-6-18(9-11)15(21)13-8-12(16)4-5-17-13/h4-5,8,10-11H,2-3,6-7,9H2,1H3,(H,19,20). The minimum Gasteiger partial charge on any atom is -0.481 e. The number of amides is 1. The Morgan fingerprint density at radius 3 is 3.00 bits per heavy atom. The zero-order valence-electron chi connectivity index (χ0n) is 12.0. The van der Waals surface area contributed by atoms with Crippen LogP contribution in [0, 0.1) is 11.8 Å². The van der Waals surface area contributed by atoms with Gasteiger partial charge in [0.05, 0.1) is 0 Å². The fourth-order valence-electron chi connectivity index (χ4n) is 2.78. The Balaban J connectivity index is 2.03. The van der Waals surface area contributed by atoms with E-state index in [1.54, 1.807) is 17.0 Å². The maximum Gasteiger partial charge on any atom is 0.303 e. The van der Waals surface area contributed by atoms with Gasteiger partial charge in [-0.05, 0) is 36.8 Å². The maximum absolute atomic E-state index is 12.4. The molecule has 2 rings (SSSR count). The van der Waals surface area contributed by atoms with Crippen LogP contribution in [0.1, 0.15) is 36.7 Å².